The molecule has 258 valence electrons. The SMILES string of the molecule is CC(C)(C)OC(=O)N(C(=O)OC(C)(C)C)C1=NCNc2c1ccn2C1CCC(COc2ccc3ccc(NCc4ccccc4)nc3c2)O1. The zero-order valence-corrected chi connectivity index (χ0v) is 28.9. The molecule has 0 spiro atoms. The fraction of sp³-hybridized carbons (Fsp3) is 0.405. The van der Waals surface area contributed by atoms with Crippen LogP contribution in [0.3, 0.4) is 0 Å². The zero-order chi connectivity index (χ0) is 34.8. The third-order valence-corrected chi connectivity index (χ3v) is 7.81. The van der Waals surface area contributed by atoms with E-state index in [-0.39, 0.29) is 24.8 Å². The highest BCUT2D eigenvalue weighted by atomic mass is 16.6. The summed E-state index contributed by atoms with van der Waals surface area (Å²) in [6, 6.07) is 21.9. The van der Waals surface area contributed by atoms with Gasteiger partial charge in [-0.2, -0.15) is 4.90 Å². The van der Waals surface area contributed by atoms with Crippen LogP contribution in [-0.2, 0) is 20.8 Å². The van der Waals surface area contributed by atoms with Gasteiger partial charge in [-0.25, -0.2) is 19.6 Å². The molecule has 2 aliphatic rings. The Kier molecular flexibility index (Phi) is 9.51. The van der Waals surface area contributed by atoms with Crippen LogP contribution in [0, 0.1) is 0 Å². The molecule has 2 amide bonds. The third kappa shape index (κ3) is 8.32. The molecule has 4 aromatic rings. The first-order valence-corrected chi connectivity index (χ1v) is 16.6. The van der Waals surface area contributed by atoms with Crippen molar-refractivity contribution in [3.63, 3.8) is 0 Å². The lowest BCUT2D eigenvalue weighted by atomic mass is 10.2. The van der Waals surface area contributed by atoms with Crippen LogP contribution in [0.15, 0.2) is 77.9 Å². The average Bonchev–Trinajstić information content (AvgIpc) is 3.69. The molecule has 2 aliphatic heterocycles. The van der Waals surface area contributed by atoms with Gasteiger partial charge in [0.1, 0.15) is 48.1 Å². The number of benzene rings is 2. The van der Waals surface area contributed by atoms with E-state index in [1.807, 2.05) is 59.3 Å². The number of ether oxygens (including phenoxy) is 4. The van der Waals surface area contributed by atoms with Crippen LogP contribution < -0.4 is 15.4 Å². The number of carbonyl (C=O) groups excluding carboxylic acids is 2. The van der Waals surface area contributed by atoms with E-state index in [0.717, 1.165) is 40.2 Å². The molecule has 6 rings (SSSR count). The number of nitrogens with one attached hydrogen (secondary N) is 2. The summed E-state index contributed by atoms with van der Waals surface area (Å²) in [5, 5.41) is 7.70. The lowest BCUT2D eigenvalue weighted by Gasteiger charge is -2.30. The lowest BCUT2D eigenvalue weighted by molar-refractivity contribution is -0.0164. The van der Waals surface area contributed by atoms with Gasteiger partial charge in [-0.3, -0.25) is 0 Å². The molecule has 0 aliphatic carbocycles. The number of aromatic nitrogens is 2. The Balaban J connectivity index is 1.11. The summed E-state index contributed by atoms with van der Waals surface area (Å²) in [6.07, 6.45) is 1.27. The van der Waals surface area contributed by atoms with Crippen LogP contribution in [-0.4, -0.2) is 63.1 Å². The first-order valence-electron chi connectivity index (χ1n) is 16.6. The van der Waals surface area contributed by atoms with Crippen LogP contribution in [0.25, 0.3) is 10.9 Å². The maximum absolute atomic E-state index is 13.3. The van der Waals surface area contributed by atoms with E-state index in [0.29, 0.717) is 24.5 Å². The molecule has 2 aromatic heterocycles. The highest BCUT2D eigenvalue weighted by Gasteiger charge is 2.39. The molecule has 1 saturated heterocycles. The second-order valence-corrected chi connectivity index (χ2v) is 14.1. The number of amidine groups is 1. The average molecular weight is 669 g/mol. The number of rotatable bonds is 7. The largest absolute Gasteiger partial charge is 0.491 e. The second-order valence-electron chi connectivity index (χ2n) is 14.1. The van der Waals surface area contributed by atoms with Gasteiger partial charge in [-0.15, -0.1) is 0 Å². The molecule has 0 radical (unpaired) electrons. The van der Waals surface area contributed by atoms with Gasteiger partial charge in [0.25, 0.3) is 0 Å². The minimum atomic E-state index is -0.862. The maximum Gasteiger partial charge on any atom is 0.425 e. The summed E-state index contributed by atoms with van der Waals surface area (Å²) < 4.78 is 25.7. The molecular weight excluding hydrogens is 624 g/mol. The van der Waals surface area contributed by atoms with Gasteiger partial charge in [0.2, 0.25) is 0 Å². The normalized spacial score (nSPS) is 17.5. The Bertz CT molecular complexity index is 1810. The maximum atomic E-state index is 13.3. The summed E-state index contributed by atoms with van der Waals surface area (Å²) >= 11 is 0. The standard InChI is InChI=1S/C37H44N6O6/c1-36(2,3)48-34(44)43(35(45)49-37(4,5)6)33-28-18-19-42(32(28)39-23-40-33)31-17-15-27(47-31)22-46-26-14-12-25-13-16-30(41-29(25)20-26)38-21-24-10-8-7-9-11-24/h7-14,16,18-20,27,31,39H,15,17,21-23H2,1-6H3,(H,38,41). The molecule has 0 bridgehead atoms. The number of hydrogen-bond donors (Lipinski definition) is 2. The predicted octanol–water partition coefficient (Wildman–Crippen LogP) is 7.71. The number of anilines is 2. The fourth-order valence-corrected chi connectivity index (χ4v) is 5.66. The summed E-state index contributed by atoms with van der Waals surface area (Å²) in [5.41, 5.74) is 0.924. The van der Waals surface area contributed by atoms with Gasteiger partial charge >= 0.3 is 12.2 Å². The molecule has 2 unspecified atom stereocenters. The Morgan fingerprint density at radius 2 is 1.67 bits per heavy atom. The predicted molar refractivity (Wildman–Crippen MR) is 188 cm³/mol. The lowest BCUT2D eigenvalue weighted by Crippen LogP contribution is -2.48. The van der Waals surface area contributed by atoms with E-state index >= 15 is 0 Å². The quantitative estimate of drug-likeness (QED) is 0.204. The molecule has 2 aromatic carbocycles. The summed E-state index contributed by atoms with van der Waals surface area (Å²) in [5.74, 6) is 2.35. The van der Waals surface area contributed by atoms with Crippen molar-refractivity contribution in [2.75, 3.05) is 23.9 Å². The smallest absolute Gasteiger partial charge is 0.425 e. The number of hydrogen-bond acceptors (Lipinski definition) is 10. The minimum Gasteiger partial charge on any atom is -0.491 e. The summed E-state index contributed by atoms with van der Waals surface area (Å²) in [4.78, 5) is 36.8. The monoisotopic (exact) mass is 668 g/mol. The molecule has 4 heterocycles. The van der Waals surface area contributed by atoms with E-state index < -0.39 is 23.4 Å². The topological polar surface area (TPSA) is 129 Å². The molecule has 12 heteroatoms. The number of nitrogens with zero attached hydrogens (tertiary/aromatic N) is 4. The van der Waals surface area contributed by atoms with E-state index in [4.69, 9.17) is 23.9 Å². The van der Waals surface area contributed by atoms with Crippen molar-refractivity contribution in [1.82, 2.24) is 14.5 Å². The summed E-state index contributed by atoms with van der Waals surface area (Å²) in [6.45, 7) is 11.6. The highest BCUT2D eigenvalue weighted by Crippen LogP contribution is 2.35. The minimum absolute atomic E-state index is 0.137. The van der Waals surface area contributed by atoms with Gasteiger partial charge < -0.3 is 34.1 Å². The molecular formula is C37H44N6O6. The number of fused-ring (bicyclic) bond motifs is 2. The van der Waals surface area contributed by atoms with Crippen LogP contribution in [0.1, 0.15) is 71.7 Å². The number of pyridine rings is 1. The van der Waals surface area contributed by atoms with Gasteiger partial charge in [0.05, 0.1) is 17.2 Å². The van der Waals surface area contributed by atoms with Crippen molar-refractivity contribution in [2.45, 2.75) is 84.5 Å². The fourth-order valence-electron chi connectivity index (χ4n) is 5.66. The molecule has 2 N–H and O–H groups in total. The van der Waals surface area contributed by atoms with Crippen molar-refractivity contribution in [2.24, 2.45) is 4.99 Å². The number of aliphatic imine (C=N–C) groups is 1. The molecule has 49 heavy (non-hydrogen) atoms. The highest BCUT2D eigenvalue weighted by molar-refractivity contribution is 6.18. The Hall–Kier alpha value is -5.10. The third-order valence-electron chi connectivity index (χ3n) is 7.81. The zero-order valence-electron chi connectivity index (χ0n) is 28.9. The van der Waals surface area contributed by atoms with Crippen LogP contribution in [0.2, 0.25) is 0 Å². The Morgan fingerprint density at radius 3 is 2.39 bits per heavy atom. The second kappa shape index (κ2) is 13.8. The molecule has 12 nitrogen and oxygen atoms in total. The van der Waals surface area contributed by atoms with Crippen LogP contribution >= 0.6 is 0 Å². The first kappa shape index (κ1) is 33.8. The van der Waals surface area contributed by atoms with Crippen molar-refractivity contribution >= 4 is 40.6 Å². The van der Waals surface area contributed by atoms with Crippen molar-refractivity contribution in [3.05, 3.63) is 84.1 Å². The van der Waals surface area contributed by atoms with Crippen molar-refractivity contribution < 1.29 is 28.5 Å². The van der Waals surface area contributed by atoms with E-state index in [9.17, 15) is 9.59 Å². The van der Waals surface area contributed by atoms with E-state index in [1.165, 1.54) is 5.56 Å². The number of imide groups is 1. The van der Waals surface area contributed by atoms with E-state index in [2.05, 4.69) is 27.8 Å². The van der Waals surface area contributed by atoms with Crippen LogP contribution in [0.4, 0.5) is 21.2 Å². The van der Waals surface area contributed by atoms with Crippen molar-refractivity contribution in [3.8, 4) is 5.75 Å². The number of carbonyl (C=O) groups is 2. The van der Waals surface area contributed by atoms with Gasteiger partial charge in [-0.05, 0) is 90.3 Å². The molecule has 1 fully saturated rings. The van der Waals surface area contributed by atoms with Gasteiger partial charge in [0, 0.05) is 24.2 Å². The Morgan fingerprint density at radius 1 is 0.959 bits per heavy atom. The molecule has 2 atom stereocenters. The first-order chi connectivity index (χ1) is 23.3. The van der Waals surface area contributed by atoms with E-state index in [1.54, 1.807) is 47.6 Å². The van der Waals surface area contributed by atoms with Crippen molar-refractivity contribution in [1.29, 1.82) is 0 Å². The number of amides is 2. The van der Waals surface area contributed by atoms with Gasteiger partial charge in [-0.1, -0.05) is 30.3 Å². The summed E-state index contributed by atoms with van der Waals surface area (Å²) in [7, 11) is 0. The van der Waals surface area contributed by atoms with Crippen LogP contribution in [0.5, 0.6) is 5.75 Å². The van der Waals surface area contributed by atoms with Gasteiger partial charge in [0.15, 0.2) is 5.84 Å². The molecule has 0 saturated carbocycles. The Labute approximate surface area is 286 Å².